The summed E-state index contributed by atoms with van der Waals surface area (Å²) in [7, 11) is 0. The van der Waals surface area contributed by atoms with Gasteiger partial charge in [0.1, 0.15) is 0 Å². The lowest BCUT2D eigenvalue weighted by molar-refractivity contribution is -0.130. The lowest BCUT2D eigenvalue weighted by Gasteiger charge is -2.03. The number of aliphatic carboxylic acids is 1. The first kappa shape index (κ1) is 13.5. The lowest BCUT2D eigenvalue weighted by Crippen LogP contribution is -1.99. The molecule has 0 saturated heterocycles. The van der Waals surface area contributed by atoms with Crippen molar-refractivity contribution in [3.63, 3.8) is 0 Å². The van der Waals surface area contributed by atoms with Gasteiger partial charge in [0, 0.05) is 27.7 Å². The molecule has 104 valence electrons. The Balaban J connectivity index is 2.19. The van der Waals surface area contributed by atoms with E-state index in [1.807, 2.05) is 36.4 Å². The molecular formula is C17H12ClNO2. The molecule has 1 aromatic heterocycles. The highest BCUT2D eigenvalue weighted by molar-refractivity contribution is 6.33. The summed E-state index contributed by atoms with van der Waals surface area (Å²) in [6, 6.07) is 14.8. The zero-order chi connectivity index (χ0) is 14.8. The zero-order valence-corrected chi connectivity index (χ0v) is 11.8. The minimum Gasteiger partial charge on any atom is -0.478 e. The van der Waals surface area contributed by atoms with Crippen LogP contribution in [0.4, 0.5) is 0 Å². The first-order valence-electron chi connectivity index (χ1n) is 6.43. The molecule has 0 saturated carbocycles. The standard InChI is InChI=1S/C17H12ClNO2/c18-15-7-3-1-5-11(15)9-13(17(20)21)14-10-19-16-8-4-2-6-12(14)16/h1-10,19H,(H,20,21). The Morgan fingerprint density at radius 2 is 1.81 bits per heavy atom. The van der Waals surface area contributed by atoms with Crippen molar-refractivity contribution in [1.82, 2.24) is 4.98 Å². The Morgan fingerprint density at radius 3 is 2.57 bits per heavy atom. The van der Waals surface area contributed by atoms with Crippen LogP contribution in [-0.4, -0.2) is 16.1 Å². The highest BCUT2D eigenvalue weighted by Crippen LogP contribution is 2.28. The fourth-order valence-electron chi connectivity index (χ4n) is 2.30. The number of hydrogen-bond acceptors (Lipinski definition) is 1. The third-order valence-corrected chi connectivity index (χ3v) is 3.66. The molecule has 0 aliphatic rings. The summed E-state index contributed by atoms with van der Waals surface area (Å²) in [4.78, 5) is 14.7. The maximum absolute atomic E-state index is 11.6. The fraction of sp³-hybridized carbons (Fsp3) is 0. The molecule has 3 rings (SSSR count). The predicted octanol–water partition coefficient (Wildman–Crippen LogP) is 4.45. The van der Waals surface area contributed by atoms with E-state index in [2.05, 4.69) is 4.98 Å². The molecule has 0 radical (unpaired) electrons. The van der Waals surface area contributed by atoms with E-state index in [9.17, 15) is 9.90 Å². The normalized spacial score (nSPS) is 11.8. The van der Waals surface area contributed by atoms with Crippen LogP contribution in [0.2, 0.25) is 5.02 Å². The van der Waals surface area contributed by atoms with E-state index in [1.54, 1.807) is 24.4 Å². The molecule has 0 fully saturated rings. The molecule has 0 spiro atoms. The van der Waals surface area contributed by atoms with E-state index in [-0.39, 0.29) is 5.57 Å². The maximum Gasteiger partial charge on any atom is 0.336 e. The molecule has 0 unspecified atom stereocenters. The van der Waals surface area contributed by atoms with Gasteiger partial charge in [-0.25, -0.2) is 4.79 Å². The highest BCUT2D eigenvalue weighted by Gasteiger charge is 2.15. The van der Waals surface area contributed by atoms with Gasteiger partial charge in [0.25, 0.3) is 0 Å². The van der Waals surface area contributed by atoms with Crippen molar-refractivity contribution in [3.05, 3.63) is 70.9 Å². The van der Waals surface area contributed by atoms with E-state index >= 15 is 0 Å². The Kier molecular flexibility index (Phi) is 3.50. The molecule has 4 heteroatoms. The van der Waals surface area contributed by atoms with Crippen LogP contribution in [0.15, 0.2) is 54.7 Å². The van der Waals surface area contributed by atoms with Gasteiger partial charge in [-0.15, -0.1) is 0 Å². The summed E-state index contributed by atoms with van der Waals surface area (Å²) >= 11 is 6.11. The van der Waals surface area contributed by atoms with Crippen LogP contribution < -0.4 is 0 Å². The quantitative estimate of drug-likeness (QED) is 0.702. The second kappa shape index (κ2) is 5.46. The van der Waals surface area contributed by atoms with Crippen molar-refractivity contribution in [2.75, 3.05) is 0 Å². The average Bonchev–Trinajstić information content (AvgIpc) is 2.90. The number of H-pyrrole nitrogens is 1. The molecule has 0 aliphatic heterocycles. The van der Waals surface area contributed by atoms with Crippen molar-refractivity contribution in [2.45, 2.75) is 0 Å². The van der Waals surface area contributed by atoms with E-state index < -0.39 is 5.97 Å². The summed E-state index contributed by atoms with van der Waals surface area (Å²) < 4.78 is 0. The van der Waals surface area contributed by atoms with Crippen LogP contribution >= 0.6 is 11.6 Å². The summed E-state index contributed by atoms with van der Waals surface area (Å²) in [6.07, 6.45) is 3.31. The van der Waals surface area contributed by atoms with Crippen molar-refractivity contribution >= 4 is 40.1 Å². The molecule has 2 aromatic carbocycles. The van der Waals surface area contributed by atoms with Gasteiger partial charge in [-0.1, -0.05) is 48.0 Å². The minimum atomic E-state index is -0.986. The van der Waals surface area contributed by atoms with E-state index in [4.69, 9.17) is 11.6 Å². The number of hydrogen-bond donors (Lipinski definition) is 2. The van der Waals surface area contributed by atoms with Crippen molar-refractivity contribution in [2.24, 2.45) is 0 Å². The lowest BCUT2D eigenvalue weighted by atomic mass is 10.0. The molecule has 1 heterocycles. The van der Waals surface area contributed by atoms with E-state index in [0.717, 1.165) is 10.9 Å². The van der Waals surface area contributed by atoms with Crippen molar-refractivity contribution in [3.8, 4) is 0 Å². The number of para-hydroxylation sites is 1. The van der Waals surface area contributed by atoms with Gasteiger partial charge >= 0.3 is 5.97 Å². The molecule has 0 atom stereocenters. The smallest absolute Gasteiger partial charge is 0.336 e. The van der Waals surface area contributed by atoms with Gasteiger partial charge in [0.05, 0.1) is 5.57 Å². The number of carbonyl (C=O) groups is 1. The maximum atomic E-state index is 11.6. The number of aromatic nitrogens is 1. The van der Waals surface area contributed by atoms with Crippen molar-refractivity contribution < 1.29 is 9.90 Å². The number of carboxylic acid groups (broad SMARTS) is 1. The molecule has 21 heavy (non-hydrogen) atoms. The second-order valence-corrected chi connectivity index (χ2v) is 5.04. The molecule has 3 nitrogen and oxygen atoms in total. The predicted molar refractivity (Wildman–Crippen MR) is 85.3 cm³/mol. The van der Waals surface area contributed by atoms with Gasteiger partial charge in [-0.3, -0.25) is 0 Å². The third-order valence-electron chi connectivity index (χ3n) is 3.31. The van der Waals surface area contributed by atoms with Crippen molar-refractivity contribution in [1.29, 1.82) is 0 Å². The molecule has 0 aliphatic carbocycles. The summed E-state index contributed by atoms with van der Waals surface area (Å²) in [5, 5.41) is 10.9. The fourth-order valence-corrected chi connectivity index (χ4v) is 2.49. The summed E-state index contributed by atoms with van der Waals surface area (Å²) in [5.74, 6) is -0.986. The Labute approximate surface area is 126 Å². The number of fused-ring (bicyclic) bond motifs is 1. The average molecular weight is 298 g/mol. The SMILES string of the molecule is O=C(O)C(=Cc1ccccc1Cl)c1c[nH]c2ccccc12. The first-order valence-corrected chi connectivity index (χ1v) is 6.80. The molecule has 2 N–H and O–H groups in total. The van der Waals surface area contributed by atoms with Crippen LogP contribution in [-0.2, 0) is 4.79 Å². The number of rotatable bonds is 3. The first-order chi connectivity index (χ1) is 10.2. The zero-order valence-electron chi connectivity index (χ0n) is 11.0. The number of aromatic amines is 1. The molecular weight excluding hydrogens is 286 g/mol. The van der Waals surface area contributed by atoms with Crippen LogP contribution in [0.25, 0.3) is 22.6 Å². The third kappa shape index (κ3) is 2.56. The van der Waals surface area contributed by atoms with Gasteiger partial charge in [-0.05, 0) is 23.8 Å². The summed E-state index contributed by atoms with van der Waals surface area (Å²) in [6.45, 7) is 0. The number of carboxylic acids is 1. The molecule has 3 aromatic rings. The number of nitrogens with one attached hydrogen (secondary N) is 1. The monoisotopic (exact) mass is 297 g/mol. The van der Waals surface area contributed by atoms with Gasteiger partial charge in [0.15, 0.2) is 0 Å². The largest absolute Gasteiger partial charge is 0.478 e. The highest BCUT2D eigenvalue weighted by atomic mass is 35.5. The van der Waals surface area contributed by atoms with Crippen LogP contribution in [0.3, 0.4) is 0 Å². The van der Waals surface area contributed by atoms with E-state index in [1.165, 1.54) is 0 Å². The Bertz CT molecular complexity index is 849. The number of halogens is 1. The molecule has 0 bridgehead atoms. The van der Waals surface area contributed by atoms with Crippen LogP contribution in [0.1, 0.15) is 11.1 Å². The van der Waals surface area contributed by atoms with Gasteiger partial charge in [-0.2, -0.15) is 0 Å². The van der Waals surface area contributed by atoms with Crippen LogP contribution in [0.5, 0.6) is 0 Å². The van der Waals surface area contributed by atoms with E-state index in [0.29, 0.717) is 16.1 Å². The number of benzene rings is 2. The van der Waals surface area contributed by atoms with Gasteiger partial charge in [0.2, 0.25) is 0 Å². The minimum absolute atomic E-state index is 0.209. The second-order valence-electron chi connectivity index (χ2n) is 4.63. The summed E-state index contributed by atoms with van der Waals surface area (Å²) in [5.41, 5.74) is 2.44. The molecule has 0 amide bonds. The van der Waals surface area contributed by atoms with Crippen LogP contribution in [0, 0.1) is 0 Å². The van der Waals surface area contributed by atoms with Gasteiger partial charge < -0.3 is 10.1 Å². The topological polar surface area (TPSA) is 53.1 Å². The Hall–Kier alpha value is -2.52. The Morgan fingerprint density at radius 1 is 1.10 bits per heavy atom.